The number of aliphatic carboxylic acids is 2. The largest absolute Gasteiger partial charge is 0.545 e. The fourth-order valence-corrected chi connectivity index (χ4v) is 1.75. The summed E-state index contributed by atoms with van der Waals surface area (Å²) in [5, 5.41) is 18.8. The van der Waals surface area contributed by atoms with Gasteiger partial charge in [-0.3, -0.25) is 0 Å². The first-order chi connectivity index (χ1) is 8.64. The molecule has 0 saturated heterocycles. The summed E-state index contributed by atoms with van der Waals surface area (Å²) in [7, 11) is 0. The van der Waals surface area contributed by atoms with E-state index >= 15 is 0 Å². The second kappa shape index (κ2) is 10.6. The lowest BCUT2D eigenvalue weighted by Gasteiger charge is -2.27. The lowest BCUT2D eigenvalue weighted by molar-refractivity contribution is -0.301. The summed E-state index contributed by atoms with van der Waals surface area (Å²) in [6, 6.07) is 0. The van der Waals surface area contributed by atoms with Crippen molar-refractivity contribution in [3.63, 3.8) is 0 Å². The second-order valence-corrected chi connectivity index (χ2v) is 5.09. The van der Waals surface area contributed by atoms with Gasteiger partial charge in [0.1, 0.15) is 0 Å². The topological polar surface area (TPSA) is 106 Å². The number of hydrogen-bond donors (Lipinski definition) is 1. The van der Waals surface area contributed by atoms with Crippen LogP contribution in [0.15, 0.2) is 12.2 Å². The van der Waals surface area contributed by atoms with Gasteiger partial charge in [0, 0.05) is 5.54 Å². The molecule has 2 atom stereocenters. The molecule has 0 aliphatic rings. The van der Waals surface area contributed by atoms with Gasteiger partial charge in [-0.25, -0.2) is 0 Å². The molecule has 2 N–H and O–H groups in total. The maximum atomic E-state index is 9.41. The van der Waals surface area contributed by atoms with Gasteiger partial charge in [0.25, 0.3) is 0 Å². The van der Waals surface area contributed by atoms with E-state index in [0.717, 1.165) is 18.8 Å². The van der Waals surface area contributed by atoms with Gasteiger partial charge in [0.2, 0.25) is 0 Å². The van der Waals surface area contributed by atoms with E-state index in [1.807, 2.05) is 0 Å². The van der Waals surface area contributed by atoms with Crippen LogP contribution in [0, 0.1) is 5.92 Å². The van der Waals surface area contributed by atoms with E-state index in [2.05, 4.69) is 27.7 Å². The van der Waals surface area contributed by atoms with Crippen LogP contribution < -0.4 is 15.9 Å². The highest BCUT2D eigenvalue weighted by Gasteiger charge is 2.19. The molecule has 0 heterocycles. The van der Waals surface area contributed by atoms with Gasteiger partial charge in [0.05, 0.1) is 11.9 Å². The third kappa shape index (κ3) is 16.6. The summed E-state index contributed by atoms with van der Waals surface area (Å²) in [5.74, 6) is -2.32. The normalized spacial score (nSPS) is 15.2. The number of nitrogens with two attached hydrogens (primary N) is 1. The molecule has 112 valence electrons. The monoisotopic (exact) mass is 271 g/mol. The van der Waals surface area contributed by atoms with Crippen molar-refractivity contribution in [1.29, 1.82) is 0 Å². The number of carbonyl (C=O) groups excluding carboxylic acids is 2. The molecule has 2 unspecified atom stereocenters. The molecule has 0 bridgehead atoms. The molecular formula is C14H25NO4-2. The van der Waals surface area contributed by atoms with Crippen LogP contribution in [0.5, 0.6) is 0 Å². The molecule has 0 fully saturated rings. The Bertz CT molecular complexity index is 282. The minimum absolute atomic E-state index is 0.0736. The van der Waals surface area contributed by atoms with Crippen molar-refractivity contribution < 1.29 is 19.8 Å². The average Bonchev–Trinajstić information content (AvgIpc) is 2.26. The van der Waals surface area contributed by atoms with E-state index < -0.39 is 11.9 Å². The van der Waals surface area contributed by atoms with E-state index in [0.29, 0.717) is 12.2 Å². The minimum atomic E-state index is -1.55. The number of carboxylic acid groups (broad SMARTS) is 2. The SMILES string of the molecule is CCCC(C)(N)CC(C)CC.O=C([O-])/C=C/C(=O)[O-]. The third-order valence-electron chi connectivity index (χ3n) is 2.69. The first-order valence-electron chi connectivity index (χ1n) is 6.53. The van der Waals surface area contributed by atoms with E-state index in [1.165, 1.54) is 12.8 Å². The van der Waals surface area contributed by atoms with Crippen LogP contribution in [-0.2, 0) is 9.59 Å². The predicted molar refractivity (Wildman–Crippen MR) is 70.7 cm³/mol. The maximum absolute atomic E-state index is 9.41. The third-order valence-corrected chi connectivity index (χ3v) is 2.69. The van der Waals surface area contributed by atoms with Gasteiger partial charge in [-0.05, 0) is 37.8 Å². The summed E-state index contributed by atoms with van der Waals surface area (Å²) < 4.78 is 0. The van der Waals surface area contributed by atoms with Crippen LogP contribution in [0.3, 0.4) is 0 Å². The van der Waals surface area contributed by atoms with Gasteiger partial charge in [-0.1, -0.05) is 33.6 Å². The molecule has 0 aromatic rings. The molecule has 0 saturated carbocycles. The van der Waals surface area contributed by atoms with Crippen LogP contribution in [0.2, 0.25) is 0 Å². The Morgan fingerprint density at radius 2 is 1.63 bits per heavy atom. The highest BCUT2D eigenvalue weighted by molar-refractivity contribution is 5.87. The molecule has 0 radical (unpaired) electrons. The average molecular weight is 271 g/mol. The van der Waals surface area contributed by atoms with Gasteiger partial charge in [-0.2, -0.15) is 0 Å². The van der Waals surface area contributed by atoms with Gasteiger partial charge >= 0.3 is 0 Å². The molecule has 0 amide bonds. The van der Waals surface area contributed by atoms with Crippen LogP contribution >= 0.6 is 0 Å². The van der Waals surface area contributed by atoms with Crippen molar-refractivity contribution >= 4 is 11.9 Å². The Labute approximate surface area is 115 Å². The Morgan fingerprint density at radius 1 is 1.21 bits per heavy atom. The summed E-state index contributed by atoms with van der Waals surface area (Å²) in [6.45, 7) is 8.87. The minimum Gasteiger partial charge on any atom is -0.545 e. The van der Waals surface area contributed by atoms with Gasteiger partial charge in [0.15, 0.2) is 0 Å². The molecule has 0 aromatic heterocycles. The van der Waals surface area contributed by atoms with Crippen molar-refractivity contribution in [2.24, 2.45) is 11.7 Å². The van der Waals surface area contributed by atoms with Crippen molar-refractivity contribution in [2.45, 2.75) is 58.9 Å². The summed E-state index contributed by atoms with van der Waals surface area (Å²) >= 11 is 0. The van der Waals surface area contributed by atoms with E-state index in [9.17, 15) is 19.8 Å². The van der Waals surface area contributed by atoms with Crippen molar-refractivity contribution in [3.8, 4) is 0 Å². The quantitative estimate of drug-likeness (QED) is 0.655. The lowest BCUT2D eigenvalue weighted by Crippen LogP contribution is -2.37. The molecule has 0 aliphatic heterocycles. The molecule has 0 rings (SSSR count). The van der Waals surface area contributed by atoms with E-state index in [4.69, 9.17) is 5.73 Å². The first kappa shape index (κ1) is 20.0. The van der Waals surface area contributed by atoms with Gasteiger partial charge < -0.3 is 25.5 Å². The van der Waals surface area contributed by atoms with Crippen molar-refractivity contribution in [2.75, 3.05) is 0 Å². The number of hydrogen-bond acceptors (Lipinski definition) is 5. The molecule has 0 spiro atoms. The molecular weight excluding hydrogens is 246 g/mol. The Kier molecular flexibility index (Phi) is 11.1. The number of carboxylic acids is 2. The molecule has 0 aromatic carbocycles. The predicted octanol–water partition coefficient (Wildman–Crippen LogP) is -0.0175. The summed E-state index contributed by atoms with van der Waals surface area (Å²) in [6.07, 6.45) is 5.53. The molecule has 19 heavy (non-hydrogen) atoms. The van der Waals surface area contributed by atoms with Crippen LogP contribution in [0.4, 0.5) is 0 Å². The molecule has 5 nitrogen and oxygen atoms in total. The van der Waals surface area contributed by atoms with Crippen molar-refractivity contribution in [1.82, 2.24) is 0 Å². The summed E-state index contributed by atoms with van der Waals surface area (Å²) in [5.41, 5.74) is 6.18. The zero-order valence-electron chi connectivity index (χ0n) is 12.3. The molecule has 5 heteroatoms. The highest BCUT2D eigenvalue weighted by atomic mass is 16.4. The fraction of sp³-hybridized carbons (Fsp3) is 0.714. The highest BCUT2D eigenvalue weighted by Crippen LogP contribution is 2.20. The Balaban J connectivity index is 0. The standard InChI is InChI=1S/C10H23N.C4H4O4/c1-5-7-10(4,11)8-9(3)6-2;5-3(6)1-2-4(7)8/h9H,5-8,11H2,1-4H3;1-2H,(H,5,6)(H,7,8)/p-2/b;2-1+. The summed E-state index contributed by atoms with van der Waals surface area (Å²) in [4.78, 5) is 18.8. The van der Waals surface area contributed by atoms with Crippen LogP contribution in [0.1, 0.15) is 53.4 Å². The second-order valence-electron chi connectivity index (χ2n) is 5.09. The number of rotatable bonds is 7. The first-order valence-corrected chi connectivity index (χ1v) is 6.53. The maximum Gasteiger partial charge on any atom is 0.0643 e. The van der Waals surface area contributed by atoms with E-state index in [-0.39, 0.29) is 5.54 Å². The fourth-order valence-electron chi connectivity index (χ4n) is 1.75. The lowest BCUT2D eigenvalue weighted by atomic mass is 9.86. The van der Waals surface area contributed by atoms with Crippen molar-refractivity contribution in [3.05, 3.63) is 12.2 Å². The number of carbonyl (C=O) groups is 2. The zero-order chi connectivity index (χ0) is 15.5. The molecule has 0 aliphatic carbocycles. The Hall–Kier alpha value is -1.36. The smallest absolute Gasteiger partial charge is 0.0643 e. The van der Waals surface area contributed by atoms with Crippen LogP contribution in [-0.4, -0.2) is 17.5 Å². The Morgan fingerprint density at radius 3 is 1.89 bits per heavy atom. The van der Waals surface area contributed by atoms with Gasteiger partial charge in [-0.15, -0.1) is 0 Å². The van der Waals surface area contributed by atoms with Crippen LogP contribution in [0.25, 0.3) is 0 Å². The zero-order valence-corrected chi connectivity index (χ0v) is 12.3. The van der Waals surface area contributed by atoms with E-state index in [1.54, 1.807) is 0 Å².